The summed E-state index contributed by atoms with van der Waals surface area (Å²) in [5.41, 5.74) is 0.316. The van der Waals surface area contributed by atoms with Gasteiger partial charge >= 0.3 is 5.97 Å². The van der Waals surface area contributed by atoms with Crippen molar-refractivity contribution in [2.75, 3.05) is 6.26 Å². The molecule has 39 heavy (non-hydrogen) atoms. The maximum absolute atomic E-state index is 13.0. The maximum atomic E-state index is 13.0. The molecule has 10 nitrogen and oxygen atoms in total. The summed E-state index contributed by atoms with van der Waals surface area (Å²) < 4.78 is 28.9. The summed E-state index contributed by atoms with van der Waals surface area (Å²) >= 11 is 6.31. The lowest BCUT2D eigenvalue weighted by Gasteiger charge is -2.17. The fourth-order valence-corrected chi connectivity index (χ4v) is 4.95. The predicted molar refractivity (Wildman–Crippen MR) is 143 cm³/mol. The zero-order chi connectivity index (χ0) is 28.3. The third-order valence-electron chi connectivity index (χ3n) is 5.93. The molecule has 0 saturated heterocycles. The summed E-state index contributed by atoms with van der Waals surface area (Å²) in [6, 6.07) is 13.5. The van der Waals surface area contributed by atoms with Crippen molar-refractivity contribution in [2.24, 2.45) is 0 Å². The van der Waals surface area contributed by atoms with Crippen molar-refractivity contribution in [1.82, 2.24) is 10.6 Å². The molecule has 202 valence electrons. The van der Waals surface area contributed by atoms with Gasteiger partial charge in [-0.3, -0.25) is 9.59 Å². The van der Waals surface area contributed by atoms with Gasteiger partial charge in [0, 0.05) is 23.6 Å². The minimum atomic E-state index is -3.52. The van der Waals surface area contributed by atoms with Crippen LogP contribution in [0.2, 0.25) is 5.02 Å². The van der Waals surface area contributed by atoms with E-state index in [4.69, 9.17) is 16.0 Å². The Labute approximate surface area is 228 Å². The molecule has 4 rings (SSSR count). The highest BCUT2D eigenvalue weighted by Crippen LogP contribution is 2.35. The maximum Gasteiger partial charge on any atom is 0.326 e. The number of fused-ring (bicyclic) bond motifs is 1. The van der Waals surface area contributed by atoms with Crippen LogP contribution in [0.1, 0.15) is 32.0 Å². The van der Waals surface area contributed by atoms with E-state index in [9.17, 15) is 33.0 Å². The van der Waals surface area contributed by atoms with Crippen LogP contribution in [-0.4, -0.2) is 48.7 Å². The number of furan rings is 1. The molecule has 3 aromatic carbocycles. The lowest BCUT2D eigenvalue weighted by atomic mass is 10.0. The van der Waals surface area contributed by atoms with Gasteiger partial charge < -0.3 is 25.3 Å². The van der Waals surface area contributed by atoms with E-state index < -0.39 is 39.4 Å². The highest BCUT2D eigenvalue weighted by molar-refractivity contribution is 7.90. The van der Waals surface area contributed by atoms with Crippen molar-refractivity contribution >= 4 is 50.0 Å². The predicted octanol–water partition coefficient (Wildman–Crippen LogP) is 3.55. The van der Waals surface area contributed by atoms with Crippen molar-refractivity contribution in [2.45, 2.75) is 23.9 Å². The third kappa shape index (κ3) is 6.39. The number of phenolic OH excluding ortho intramolecular Hbond substituents is 1. The SMILES string of the molecule is CS(=O)(=O)c1cccc(C[C@H](NC(=O)c2c(Cl)cc3cc(C(=O)NCc4ccco4)ccc3c2O)C(=O)O)c1. The van der Waals surface area contributed by atoms with Crippen LogP contribution in [0.15, 0.2) is 76.2 Å². The number of phenols is 1. The molecule has 1 atom stereocenters. The van der Waals surface area contributed by atoms with Gasteiger partial charge in [-0.25, -0.2) is 13.2 Å². The molecule has 0 unspecified atom stereocenters. The van der Waals surface area contributed by atoms with Gasteiger partial charge in [0.2, 0.25) is 0 Å². The van der Waals surface area contributed by atoms with Crippen molar-refractivity contribution in [3.8, 4) is 5.75 Å². The molecule has 0 aliphatic carbocycles. The van der Waals surface area contributed by atoms with E-state index in [1.165, 1.54) is 48.7 Å². The first-order valence-electron chi connectivity index (χ1n) is 11.5. The largest absolute Gasteiger partial charge is 0.506 e. The Balaban J connectivity index is 1.56. The second-order valence-corrected chi connectivity index (χ2v) is 11.2. The summed E-state index contributed by atoms with van der Waals surface area (Å²) in [6.45, 7) is 0.179. The Kier molecular flexibility index (Phi) is 7.93. The molecule has 4 aromatic rings. The van der Waals surface area contributed by atoms with Crippen molar-refractivity contribution in [3.05, 3.63) is 94.4 Å². The number of hydrogen-bond acceptors (Lipinski definition) is 7. The Morgan fingerprint density at radius 3 is 2.46 bits per heavy atom. The number of aliphatic carboxylic acids is 1. The van der Waals surface area contributed by atoms with Crippen LogP contribution in [0.5, 0.6) is 5.75 Å². The highest BCUT2D eigenvalue weighted by Gasteiger charge is 2.26. The first kappa shape index (κ1) is 27.7. The highest BCUT2D eigenvalue weighted by atomic mass is 35.5. The molecular formula is C27H23ClN2O8S. The standard InChI is InChI=1S/C27H23ClN2O8S/c1-39(36,37)19-6-2-4-15(10-19)11-22(27(34)35)30-26(33)23-21(28)13-17-12-16(7-8-20(17)24(23)31)25(32)29-14-18-5-3-9-38-18/h2-10,12-13,22,31H,11,14H2,1H3,(H,29,32)(H,30,33)(H,34,35)/t22-/m0/s1. The van der Waals surface area contributed by atoms with E-state index >= 15 is 0 Å². The number of benzene rings is 3. The summed E-state index contributed by atoms with van der Waals surface area (Å²) in [7, 11) is -3.52. The van der Waals surface area contributed by atoms with Gasteiger partial charge in [0.25, 0.3) is 11.8 Å². The number of carbonyl (C=O) groups is 3. The average Bonchev–Trinajstić information content (AvgIpc) is 3.40. The van der Waals surface area contributed by atoms with E-state index in [2.05, 4.69) is 10.6 Å². The van der Waals surface area contributed by atoms with Crippen LogP contribution >= 0.6 is 11.6 Å². The van der Waals surface area contributed by atoms with E-state index in [-0.39, 0.29) is 39.4 Å². The Hall–Kier alpha value is -4.35. The lowest BCUT2D eigenvalue weighted by molar-refractivity contribution is -0.139. The van der Waals surface area contributed by atoms with E-state index in [1.54, 1.807) is 18.2 Å². The molecule has 12 heteroatoms. The molecular weight excluding hydrogens is 548 g/mol. The summed E-state index contributed by atoms with van der Waals surface area (Å²) in [4.78, 5) is 37.5. The number of halogens is 1. The number of amides is 2. The molecule has 0 bridgehead atoms. The monoisotopic (exact) mass is 570 g/mol. The van der Waals surface area contributed by atoms with Crippen LogP contribution in [-0.2, 0) is 27.6 Å². The second kappa shape index (κ2) is 11.2. The smallest absolute Gasteiger partial charge is 0.326 e. The molecule has 0 saturated carbocycles. The first-order valence-corrected chi connectivity index (χ1v) is 13.8. The topological polar surface area (TPSA) is 163 Å². The van der Waals surface area contributed by atoms with Gasteiger partial charge in [0.1, 0.15) is 23.1 Å². The van der Waals surface area contributed by atoms with Crippen LogP contribution in [0.4, 0.5) is 0 Å². The van der Waals surface area contributed by atoms with Gasteiger partial charge in [0.05, 0.1) is 22.7 Å². The van der Waals surface area contributed by atoms with Crippen molar-refractivity contribution in [1.29, 1.82) is 0 Å². The second-order valence-electron chi connectivity index (χ2n) is 8.77. The quantitative estimate of drug-likeness (QED) is 0.237. The Morgan fingerprint density at radius 1 is 1.03 bits per heavy atom. The fraction of sp³-hybridized carbons (Fsp3) is 0.148. The van der Waals surface area contributed by atoms with Gasteiger partial charge in [-0.1, -0.05) is 23.7 Å². The molecule has 0 aliphatic rings. The van der Waals surface area contributed by atoms with Gasteiger partial charge in [0.15, 0.2) is 9.84 Å². The number of aromatic hydroxyl groups is 1. The van der Waals surface area contributed by atoms with Crippen molar-refractivity contribution in [3.63, 3.8) is 0 Å². The van der Waals surface area contributed by atoms with Gasteiger partial charge in [-0.05, 0) is 59.5 Å². The Bertz CT molecular complexity index is 1680. The van der Waals surface area contributed by atoms with Gasteiger partial charge in [-0.2, -0.15) is 0 Å². The van der Waals surface area contributed by atoms with E-state index in [0.717, 1.165) is 6.26 Å². The summed E-state index contributed by atoms with van der Waals surface area (Å²) in [5, 5.41) is 26.0. The van der Waals surface area contributed by atoms with E-state index in [1.807, 2.05) is 0 Å². The molecule has 0 aliphatic heterocycles. The lowest BCUT2D eigenvalue weighted by Crippen LogP contribution is -2.42. The molecule has 0 spiro atoms. The van der Waals surface area contributed by atoms with E-state index in [0.29, 0.717) is 16.7 Å². The number of carboxylic acids is 1. The Morgan fingerprint density at radius 2 is 1.79 bits per heavy atom. The molecule has 1 heterocycles. The molecule has 0 radical (unpaired) electrons. The van der Waals surface area contributed by atoms with Crippen LogP contribution in [0, 0.1) is 0 Å². The molecule has 1 aromatic heterocycles. The number of sulfone groups is 1. The minimum Gasteiger partial charge on any atom is -0.506 e. The first-order chi connectivity index (χ1) is 18.4. The number of hydrogen-bond donors (Lipinski definition) is 4. The summed E-state index contributed by atoms with van der Waals surface area (Å²) in [5.74, 6) is -2.61. The summed E-state index contributed by atoms with van der Waals surface area (Å²) in [6.07, 6.45) is 2.31. The number of nitrogens with one attached hydrogen (secondary N) is 2. The normalized spacial score (nSPS) is 12.2. The van der Waals surface area contributed by atoms with Crippen LogP contribution in [0.3, 0.4) is 0 Å². The minimum absolute atomic E-state index is 0.0136. The third-order valence-corrected chi connectivity index (χ3v) is 7.34. The number of rotatable bonds is 9. The zero-order valence-electron chi connectivity index (χ0n) is 20.5. The molecule has 0 fully saturated rings. The van der Waals surface area contributed by atoms with Crippen LogP contribution in [0.25, 0.3) is 10.8 Å². The van der Waals surface area contributed by atoms with Crippen LogP contribution < -0.4 is 10.6 Å². The fourth-order valence-electron chi connectivity index (χ4n) is 3.96. The number of carboxylic acid groups (broad SMARTS) is 1. The van der Waals surface area contributed by atoms with Crippen molar-refractivity contribution < 1.29 is 37.4 Å². The average molecular weight is 571 g/mol. The zero-order valence-corrected chi connectivity index (χ0v) is 22.0. The number of carbonyl (C=O) groups excluding carboxylic acids is 2. The molecule has 4 N–H and O–H groups in total. The molecule has 2 amide bonds. The van der Waals surface area contributed by atoms with Gasteiger partial charge in [-0.15, -0.1) is 0 Å².